The second-order valence-corrected chi connectivity index (χ2v) is 8.85. The lowest BCUT2D eigenvalue weighted by Crippen LogP contribution is -2.53. The highest BCUT2D eigenvalue weighted by molar-refractivity contribution is 14.1. The summed E-state index contributed by atoms with van der Waals surface area (Å²) in [6, 6.07) is 6.58. The van der Waals surface area contributed by atoms with Gasteiger partial charge in [-0.1, -0.05) is 12.1 Å². The quantitative estimate of drug-likeness (QED) is 0.218. The molecule has 0 aromatic heterocycles. The summed E-state index contributed by atoms with van der Waals surface area (Å²) in [6.45, 7) is 0.662. The number of imide groups is 1. The van der Waals surface area contributed by atoms with Crippen molar-refractivity contribution in [3.63, 3.8) is 0 Å². The number of hydrogen-bond acceptors (Lipinski definition) is 7. The molecule has 1 heterocycles. The fourth-order valence-electron chi connectivity index (χ4n) is 3.33. The van der Waals surface area contributed by atoms with E-state index < -0.39 is 54.6 Å². The van der Waals surface area contributed by atoms with Gasteiger partial charge in [-0.15, -0.1) is 0 Å². The number of aliphatic hydroxyl groups excluding tert-OH is 3. The van der Waals surface area contributed by atoms with E-state index in [1.165, 1.54) is 43.3 Å². The lowest BCUT2D eigenvalue weighted by atomic mass is 10.1. The maximum absolute atomic E-state index is 14.2. The standard InChI is InChI=1S/C22H23FIN3O7/c1-11(29)19(20(31)25-17-7-4-13(24)8-16(17)23)27-21(32)18(26-22(27)33)12-2-5-15(6-3-12)34-10-14(30)9-28/h2-8,11,14,18-19,28-30H,9-10H2,1H3,(H,25,31)(H,26,33)/t11-,14?,18?,19+/m1/s1. The molecule has 3 rings (SSSR count). The first-order valence-corrected chi connectivity index (χ1v) is 11.3. The minimum absolute atomic E-state index is 0.130. The molecule has 1 saturated heterocycles. The molecule has 1 fully saturated rings. The van der Waals surface area contributed by atoms with E-state index >= 15 is 0 Å². The monoisotopic (exact) mass is 587 g/mol. The number of ether oxygens (including phenoxy) is 1. The molecule has 4 amide bonds. The van der Waals surface area contributed by atoms with Crippen molar-refractivity contribution in [3.8, 4) is 5.75 Å². The fraction of sp³-hybridized carbons (Fsp3) is 0.318. The van der Waals surface area contributed by atoms with Crippen molar-refractivity contribution in [1.29, 1.82) is 0 Å². The molecule has 0 aliphatic carbocycles. The van der Waals surface area contributed by atoms with Crippen LogP contribution in [0.25, 0.3) is 0 Å². The van der Waals surface area contributed by atoms with E-state index in [2.05, 4.69) is 10.6 Å². The summed E-state index contributed by atoms with van der Waals surface area (Å²) in [5.74, 6) is -2.02. The molecule has 34 heavy (non-hydrogen) atoms. The summed E-state index contributed by atoms with van der Waals surface area (Å²) in [5, 5.41) is 33.2. The van der Waals surface area contributed by atoms with E-state index in [-0.39, 0.29) is 12.3 Å². The first kappa shape index (κ1) is 25.8. The Morgan fingerprint density at radius 2 is 1.91 bits per heavy atom. The zero-order chi connectivity index (χ0) is 25.0. The van der Waals surface area contributed by atoms with Crippen molar-refractivity contribution in [2.45, 2.75) is 31.2 Å². The van der Waals surface area contributed by atoms with Crippen molar-refractivity contribution in [2.75, 3.05) is 18.5 Å². The minimum atomic E-state index is -1.60. The molecule has 4 atom stereocenters. The summed E-state index contributed by atoms with van der Waals surface area (Å²) in [6.07, 6.45) is -2.48. The van der Waals surface area contributed by atoms with Crippen LogP contribution < -0.4 is 15.4 Å². The van der Waals surface area contributed by atoms with Crippen LogP contribution in [0.3, 0.4) is 0 Å². The number of carbonyl (C=O) groups excluding carboxylic acids is 3. The van der Waals surface area contributed by atoms with Gasteiger partial charge in [-0.2, -0.15) is 0 Å². The summed E-state index contributed by atoms with van der Waals surface area (Å²) >= 11 is 1.91. The highest BCUT2D eigenvalue weighted by Crippen LogP contribution is 2.27. The van der Waals surface area contributed by atoms with Crippen molar-refractivity contribution in [2.24, 2.45) is 0 Å². The average molecular weight is 587 g/mol. The number of nitrogens with zero attached hydrogens (tertiary/aromatic N) is 1. The van der Waals surface area contributed by atoms with Gasteiger partial charge in [0.05, 0.1) is 18.4 Å². The van der Waals surface area contributed by atoms with Crippen LogP contribution in [0.4, 0.5) is 14.9 Å². The molecule has 2 unspecified atom stereocenters. The maximum atomic E-state index is 14.2. The molecule has 182 valence electrons. The largest absolute Gasteiger partial charge is 0.491 e. The van der Waals surface area contributed by atoms with Gasteiger partial charge in [0.15, 0.2) is 0 Å². The van der Waals surface area contributed by atoms with E-state index in [9.17, 15) is 29.0 Å². The van der Waals surface area contributed by atoms with Crippen molar-refractivity contribution in [1.82, 2.24) is 10.2 Å². The van der Waals surface area contributed by atoms with E-state index in [0.717, 1.165) is 0 Å². The van der Waals surface area contributed by atoms with Crippen LogP contribution in [0.1, 0.15) is 18.5 Å². The number of rotatable bonds is 9. The van der Waals surface area contributed by atoms with Gasteiger partial charge in [0, 0.05) is 3.57 Å². The SMILES string of the molecule is C[C@@H](O)[C@@H](C(=O)Nc1ccc(I)cc1F)N1C(=O)NC(c2ccc(OCC(O)CO)cc2)C1=O. The Balaban J connectivity index is 1.76. The molecule has 0 spiro atoms. The van der Waals surface area contributed by atoms with Crippen LogP contribution >= 0.6 is 22.6 Å². The van der Waals surface area contributed by atoms with Crippen LogP contribution in [0.2, 0.25) is 0 Å². The lowest BCUT2D eigenvalue weighted by molar-refractivity contribution is -0.137. The van der Waals surface area contributed by atoms with Crippen LogP contribution in [-0.4, -0.2) is 69.5 Å². The molecule has 0 saturated carbocycles. The van der Waals surface area contributed by atoms with Crippen molar-refractivity contribution in [3.05, 3.63) is 57.4 Å². The van der Waals surface area contributed by atoms with E-state index in [1.807, 2.05) is 22.6 Å². The first-order chi connectivity index (χ1) is 16.1. The summed E-state index contributed by atoms with van der Waals surface area (Å²) in [7, 11) is 0. The van der Waals surface area contributed by atoms with Gasteiger partial charge in [0.25, 0.3) is 11.8 Å². The van der Waals surface area contributed by atoms with E-state index in [0.29, 0.717) is 19.8 Å². The number of nitrogens with one attached hydrogen (secondary N) is 2. The molecule has 0 bridgehead atoms. The van der Waals surface area contributed by atoms with E-state index in [1.54, 1.807) is 6.07 Å². The number of halogens is 2. The molecule has 1 aliphatic rings. The molecule has 10 nitrogen and oxygen atoms in total. The van der Waals surface area contributed by atoms with Gasteiger partial charge in [0.1, 0.15) is 36.4 Å². The Kier molecular flexibility index (Phi) is 8.41. The third-order valence-corrected chi connectivity index (χ3v) is 5.70. The predicted octanol–water partition coefficient (Wildman–Crippen LogP) is 1.14. The highest BCUT2D eigenvalue weighted by Gasteiger charge is 2.47. The van der Waals surface area contributed by atoms with Gasteiger partial charge < -0.3 is 30.7 Å². The summed E-state index contributed by atoms with van der Waals surface area (Å²) < 4.78 is 20.1. The maximum Gasteiger partial charge on any atom is 0.325 e. The zero-order valence-electron chi connectivity index (χ0n) is 17.9. The number of amides is 4. The smallest absolute Gasteiger partial charge is 0.325 e. The van der Waals surface area contributed by atoms with Gasteiger partial charge in [-0.25, -0.2) is 14.1 Å². The number of aliphatic hydroxyl groups is 3. The zero-order valence-corrected chi connectivity index (χ0v) is 20.1. The third-order valence-electron chi connectivity index (χ3n) is 5.03. The lowest BCUT2D eigenvalue weighted by Gasteiger charge is -2.26. The minimum Gasteiger partial charge on any atom is -0.491 e. The fourth-order valence-corrected chi connectivity index (χ4v) is 3.79. The average Bonchev–Trinajstić information content (AvgIpc) is 3.08. The number of urea groups is 1. The Morgan fingerprint density at radius 1 is 1.24 bits per heavy atom. The first-order valence-electron chi connectivity index (χ1n) is 10.2. The summed E-state index contributed by atoms with van der Waals surface area (Å²) in [4.78, 5) is 39.1. The number of benzene rings is 2. The molecular weight excluding hydrogens is 564 g/mol. The molecule has 0 radical (unpaired) electrons. The van der Waals surface area contributed by atoms with Crippen molar-refractivity contribution >= 4 is 46.1 Å². The van der Waals surface area contributed by atoms with Crippen LogP contribution in [-0.2, 0) is 9.59 Å². The Morgan fingerprint density at radius 3 is 2.50 bits per heavy atom. The van der Waals surface area contributed by atoms with Gasteiger partial charge in [0.2, 0.25) is 0 Å². The Hall–Kier alpha value is -2.81. The predicted molar refractivity (Wildman–Crippen MR) is 126 cm³/mol. The number of anilines is 1. The van der Waals surface area contributed by atoms with Crippen LogP contribution in [0.5, 0.6) is 5.75 Å². The molecule has 1 aliphatic heterocycles. The molecular formula is C22H23FIN3O7. The van der Waals surface area contributed by atoms with Gasteiger partial charge in [-0.05, 0) is 65.4 Å². The van der Waals surface area contributed by atoms with E-state index in [4.69, 9.17) is 9.84 Å². The molecule has 2 aromatic carbocycles. The van der Waals surface area contributed by atoms with Gasteiger partial charge >= 0.3 is 6.03 Å². The number of hydrogen-bond donors (Lipinski definition) is 5. The van der Waals surface area contributed by atoms with Crippen molar-refractivity contribution < 1.29 is 38.8 Å². The molecule has 2 aromatic rings. The topological polar surface area (TPSA) is 148 Å². The van der Waals surface area contributed by atoms with Gasteiger partial charge in [-0.3, -0.25) is 9.59 Å². The third kappa shape index (κ3) is 5.81. The number of carbonyl (C=O) groups is 3. The Labute approximate surface area is 207 Å². The second kappa shape index (κ2) is 11.1. The highest BCUT2D eigenvalue weighted by atomic mass is 127. The Bertz CT molecular complexity index is 1070. The second-order valence-electron chi connectivity index (χ2n) is 7.61. The molecule has 12 heteroatoms. The van der Waals surface area contributed by atoms with Crippen LogP contribution in [0, 0.1) is 9.39 Å². The summed E-state index contributed by atoms with van der Waals surface area (Å²) in [5.41, 5.74) is 0.242. The molecule has 5 N–H and O–H groups in total. The normalized spacial score (nSPS) is 18.3. The van der Waals surface area contributed by atoms with Crippen LogP contribution in [0.15, 0.2) is 42.5 Å².